The first kappa shape index (κ1) is 49.6. The first-order valence-electron chi connectivity index (χ1n) is 4.19. The molecular formula is C4H28ClN12O6P. The molecule has 0 radical (unpaired) electrons. The second-order valence-corrected chi connectivity index (χ2v) is 3.34. The number of hydrogen-bond acceptors (Lipinski definition) is 4. The summed E-state index contributed by atoms with van der Waals surface area (Å²) >= 11 is 0. The average Bonchev–Trinajstić information content (AvgIpc) is 1.91. The van der Waals surface area contributed by atoms with Crippen molar-refractivity contribution in [3.63, 3.8) is 0 Å². The summed E-state index contributed by atoms with van der Waals surface area (Å²) in [5.41, 5.74) is 36.7. The van der Waals surface area contributed by atoms with E-state index in [-0.39, 0.29) is 47.2 Å². The highest BCUT2D eigenvalue weighted by Gasteiger charge is 1.65. The zero-order valence-corrected chi connectivity index (χ0v) is 14.0. The third kappa shape index (κ3) is 972. The standard InChI is InChI=1S/4CH5N3.ClH.H3O4P.2H2O/c4*2-1(3)4;;1-5(2,3)4;;/h4*(H5,2,3,4);1H;(H3,1,2,3,4);2*1H2. The normalized spacial score (nSPS) is 6.46. The summed E-state index contributed by atoms with van der Waals surface area (Å²) in [7, 11) is -5.39. The molecule has 0 aliphatic heterocycles. The van der Waals surface area contributed by atoms with Crippen molar-refractivity contribution >= 4 is 31.7 Å². The molecule has 18 nitrogen and oxygen atoms in total. The third-order valence-electron chi connectivity index (χ3n) is 0. The van der Waals surface area contributed by atoms with Crippen LogP contribution in [0.4, 0.5) is 0 Å². The highest BCUT2D eigenvalue weighted by atomic mass is 35.5. The molecule has 24 heavy (non-hydrogen) atoms. The molecule has 0 saturated carbocycles. The predicted octanol–water partition coefficient (Wildman–Crippen LogP) is -19.4. The van der Waals surface area contributed by atoms with E-state index in [2.05, 4.69) is 67.5 Å². The van der Waals surface area contributed by atoms with Crippen molar-refractivity contribution in [1.29, 1.82) is 0 Å². The van der Waals surface area contributed by atoms with Gasteiger partial charge in [0, 0.05) is 0 Å². The molecule has 0 fully saturated rings. The number of rotatable bonds is 0. The monoisotopic (exact) mass is 406 g/mol. The molecule has 0 saturated heterocycles. The van der Waals surface area contributed by atoms with Crippen molar-refractivity contribution in [2.75, 3.05) is 0 Å². The van der Waals surface area contributed by atoms with Gasteiger partial charge < -0.3 is 42.6 Å². The lowest BCUT2D eigenvalue weighted by molar-refractivity contribution is -0.432. The molecule has 0 rings (SSSR count). The lowest BCUT2D eigenvalue weighted by Crippen LogP contribution is -3.00. The molecule has 20 heteroatoms. The van der Waals surface area contributed by atoms with Gasteiger partial charge in [0.25, 0.3) is 0 Å². The van der Waals surface area contributed by atoms with Crippen LogP contribution in [-0.2, 0) is 4.57 Å². The maximum atomic E-state index is 8.55. The molecule has 0 aromatic carbocycles. The van der Waals surface area contributed by atoms with Gasteiger partial charge in [-0.15, -0.1) is 0 Å². The fourth-order valence-electron chi connectivity index (χ4n) is 0. The Labute approximate surface area is 142 Å². The van der Waals surface area contributed by atoms with Crippen LogP contribution < -0.4 is 94.6 Å². The molecule has 0 amide bonds. The van der Waals surface area contributed by atoms with Crippen LogP contribution in [0.25, 0.3) is 0 Å². The molecule has 0 aromatic heterocycles. The van der Waals surface area contributed by atoms with E-state index in [0.29, 0.717) is 0 Å². The number of halogens is 1. The smallest absolute Gasteiger partial charge is 0.336 e. The molecular weight excluding hydrogens is 379 g/mol. The van der Waals surface area contributed by atoms with Gasteiger partial charge >= 0.3 is 23.8 Å². The molecule has 0 heterocycles. The number of nitrogens with two attached hydrogens (primary N) is 12. The highest BCUT2D eigenvalue weighted by molar-refractivity contribution is 7.40. The largest absolute Gasteiger partial charge is 1.00 e. The summed E-state index contributed by atoms with van der Waals surface area (Å²) in [5.74, 6) is -0.333. The molecule has 0 aliphatic rings. The van der Waals surface area contributed by atoms with Gasteiger partial charge in [-0.2, -0.15) is 7.82 Å². The lowest BCUT2D eigenvalue weighted by atomic mass is 11.1. The van der Waals surface area contributed by atoms with E-state index in [0.717, 1.165) is 0 Å². The zero-order valence-electron chi connectivity index (χ0n) is 12.4. The van der Waals surface area contributed by atoms with E-state index >= 15 is 0 Å². The maximum absolute atomic E-state index is 8.55. The Bertz CT molecular complexity index is 289. The molecule has 0 unspecified atom stereocenters. The van der Waals surface area contributed by atoms with Crippen LogP contribution >= 0.6 is 7.82 Å². The van der Waals surface area contributed by atoms with Gasteiger partial charge in [-0.3, -0.25) is 67.5 Å². The van der Waals surface area contributed by atoms with Gasteiger partial charge in [0.1, 0.15) is 0 Å². The fraction of sp³-hybridized carbons (Fsp3) is 0. The Morgan fingerprint density at radius 1 is 0.583 bits per heavy atom. The highest BCUT2D eigenvalue weighted by Crippen LogP contribution is 2.03. The van der Waals surface area contributed by atoms with Crippen molar-refractivity contribution in [2.45, 2.75) is 0 Å². The molecule has 0 spiro atoms. The summed E-state index contributed by atoms with van der Waals surface area (Å²) < 4.78 is 8.55. The second-order valence-electron chi connectivity index (χ2n) is 2.45. The first-order chi connectivity index (χ1) is 8.93. The SMILES string of the molecule is NC(N)=[NH2+].NC(N)=[NH2+].NC(N)=[NH2+].NC(N)=[NH2+].O.O.O=P([O-])([O-])[O-].[Cl-]. The van der Waals surface area contributed by atoms with Gasteiger partial charge in [-0.05, 0) is 0 Å². The Morgan fingerprint density at radius 2 is 0.583 bits per heavy atom. The Balaban J connectivity index is -0.0000000216. The van der Waals surface area contributed by atoms with Gasteiger partial charge in [-0.25, -0.2) is 0 Å². The molecule has 0 atom stereocenters. The van der Waals surface area contributed by atoms with E-state index in [4.69, 9.17) is 19.2 Å². The maximum Gasteiger partial charge on any atom is 0.336 e. The summed E-state index contributed by atoms with van der Waals surface area (Å²) in [6, 6.07) is 0. The minimum Gasteiger partial charge on any atom is -1.00 e. The summed E-state index contributed by atoms with van der Waals surface area (Å²) in [6.07, 6.45) is 0. The van der Waals surface area contributed by atoms with Crippen LogP contribution in [0.5, 0.6) is 0 Å². The third-order valence-corrected chi connectivity index (χ3v) is 0. The van der Waals surface area contributed by atoms with Crippen LogP contribution in [0.1, 0.15) is 0 Å². The van der Waals surface area contributed by atoms with E-state index < -0.39 is 7.82 Å². The van der Waals surface area contributed by atoms with Crippen LogP contribution in [0.15, 0.2) is 0 Å². The van der Waals surface area contributed by atoms with E-state index in [9.17, 15) is 0 Å². The zero-order chi connectivity index (χ0) is 18.8. The Kier molecular flexibility index (Phi) is 66.9. The number of hydrogen-bond donors (Lipinski definition) is 12. The molecule has 0 bridgehead atoms. The Morgan fingerprint density at radius 3 is 0.583 bits per heavy atom. The summed E-state index contributed by atoms with van der Waals surface area (Å²) in [4.78, 5) is 25.6. The average molecular weight is 407 g/mol. The number of phosphoric acid groups is 1. The van der Waals surface area contributed by atoms with Crippen LogP contribution in [0.2, 0.25) is 0 Å². The topological polar surface area (TPSA) is 460 Å². The van der Waals surface area contributed by atoms with Gasteiger partial charge in [0.15, 0.2) is 0 Å². The molecule has 28 N–H and O–H groups in total. The minimum atomic E-state index is -5.39. The van der Waals surface area contributed by atoms with Crippen molar-refractivity contribution in [1.82, 2.24) is 0 Å². The van der Waals surface area contributed by atoms with E-state index in [1.807, 2.05) is 0 Å². The summed E-state index contributed by atoms with van der Waals surface area (Å²) in [5, 5.41) is 18.3. The van der Waals surface area contributed by atoms with E-state index in [1.54, 1.807) is 0 Å². The van der Waals surface area contributed by atoms with Gasteiger partial charge in [0.2, 0.25) is 0 Å². The van der Waals surface area contributed by atoms with Crippen molar-refractivity contribution in [3.8, 4) is 0 Å². The van der Waals surface area contributed by atoms with Crippen LogP contribution in [0, 0.1) is 0 Å². The second kappa shape index (κ2) is 32.4. The quantitative estimate of drug-likeness (QED) is 0.101. The van der Waals surface area contributed by atoms with Gasteiger partial charge in [0.05, 0.1) is 0 Å². The van der Waals surface area contributed by atoms with Crippen molar-refractivity contribution < 1.29 is 64.2 Å². The lowest BCUT2D eigenvalue weighted by Gasteiger charge is -2.36. The first-order valence-corrected chi connectivity index (χ1v) is 5.65. The van der Waals surface area contributed by atoms with E-state index in [1.165, 1.54) is 0 Å². The van der Waals surface area contributed by atoms with Crippen LogP contribution in [0.3, 0.4) is 0 Å². The molecule has 152 valence electrons. The number of guanidine groups is 4. The Hall–Kier alpha value is -2.60. The minimum absolute atomic E-state index is 0. The van der Waals surface area contributed by atoms with Gasteiger partial charge in [-0.1, -0.05) is 0 Å². The fourth-order valence-corrected chi connectivity index (χ4v) is 0. The molecule has 0 aliphatic carbocycles. The van der Waals surface area contributed by atoms with Crippen molar-refractivity contribution in [2.24, 2.45) is 45.9 Å². The van der Waals surface area contributed by atoms with Crippen molar-refractivity contribution in [3.05, 3.63) is 0 Å². The van der Waals surface area contributed by atoms with Crippen LogP contribution in [-0.4, -0.2) is 34.8 Å². The predicted molar refractivity (Wildman–Crippen MR) is 76.1 cm³/mol. The molecule has 0 aromatic rings. The summed E-state index contributed by atoms with van der Waals surface area (Å²) in [6.45, 7) is 0.